The molecule has 174 valence electrons. The predicted molar refractivity (Wildman–Crippen MR) is 143 cm³/mol. The molecular weight excluding hydrogens is 513 g/mol. The number of carbonyl (C=O) groups excluding carboxylic acids is 1. The Morgan fingerprint density at radius 1 is 0.941 bits per heavy atom. The molecule has 5 nitrogen and oxygen atoms in total. The van der Waals surface area contributed by atoms with Gasteiger partial charge in [0.15, 0.2) is 15.8 Å². The molecule has 1 aliphatic rings. The van der Waals surface area contributed by atoms with E-state index in [1.807, 2.05) is 42.5 Å². The van der Waals surface area contributed by atoms with Gasteiger partial charge in [-0.25, -0.2) is 0 Å². The fourth-order valence-electron chi connectivity index (χ4n) is 3.24. The van der Waals surface area contributed by atoms with Crippen molar-refractivity contribution < 1.29 is 19.0 Å². The van der Waals surface area contributed by atoms with Crippen LogP contribution in [0.5, 0.6) is 17.2 Å². The van der Waals surface area contributed by atoms with Crippen molar-refractivity contribution in [1.29, 1.82) is 0 Å². The van der Waals surface area contributed by atoms with Crippen LogP contribution in [0.25, 0.3) is 6.08 Å². The summed E-state index contributed by atoms with van der Waals surface area (Å²) in [5.74, 6) is 1.22. The van der Waals surface area contributed by atoms with Crippen LogP contribution in [0, 0.1) is 0 Å². The number of nitrogens with zero attached hydrogens (tertiary/aromatic N) is 1. The predicted octanol–water partition coefficient (Wildman–Crippen LogP) is 6.87. The molecule has 1 saturated heterocycles. The van der Waals surface area contributed by atoms with Crippen LogP contribution in [0.15, 0.2) is 71.6 Å². The van der Waals surface area contributed by atoms with Crippen LogP contribution in [0.2, 0.25) is 10.0 Å². The zero-order valence-electron chi connectivity index (χ0n) is 18.0. The van der Waals surface area contributed by atoms with Crippen molar-refractivity contribution >= 4 is 69.2 Å². The van der Waals surface area contributed by atoms with Crippen molar-refractivity contribution in [1.82, 2.24) is 0 Å². The minimum absolute atomic E-state index is 0.187. The van der Waals surface area contributed by atoms with E-state index in [0.717, 1.165) is 5.69 Å². The Morgan fingerprint density at radius 2 is 1.65 bits per heavy atom. The molecule has 9 heteroatoms. The normalized spacial score (nSPS) is 14.6. The van der Waals surface area contributed by atoms with Crippen molar-refractivity contribution in [2.75, 3.05) is 25.2 Å². The number of para-hydroxylation sites is 2. The van der Waals surface area contributed by atoms with Gasteiger partial charge in [0.2, 0.25) is 0 Å². The van der Waals surface area contributed by atoms with Crippen LogP contribution in [0.4, 0.5) is 5.69 Å². The van der Waals surface area contributed by atoms with Gasteiger partial charge in [-0.15, -0.1) is 0 Å². The van der Waals surface area contributed by atoms with Crippen LogP contribution in [-0.4, -0.2) is 30.6 Å². The minimum atomic E-state index is -0.187. The topological polar surface area (TPSA) is 48.0 Å². The number of amides is 1. The maximum absolute atomic E-state index is 13.0. The lowest BCUT2D eigenvalue weighted by molar-refractivity contribution is -0.113. The third-order valence-corrected chi connectivity index (χ3v) is 6.68. The number of ether oxygens (including phenoxy) is 3. The third kappa shape index (κ3) is 5.50. The summed E-state index contributed by atoms with van der Waals surface area (Å²) in [5, 5.41) is 0.877. The summed E-state index contributed by atoms with van der Waals surface area (Å²) in [7, 11) is 1.53. The Labute approximate surface area is 217 Å². The van der Waals surface area contributed by atoms with Crippen LogP contribution in [-0.2, 0) is 4.79 Å². The lowest BCUT2D eigenvalue weighted by atomic mass is 10.1. The summed E-state index contributed by atoms with van der Waals surface area (Å²) < 4.78 is 17.4. The summed E-state index contributed by atoms with van der Waals surface area (Å²) in [6, 6.07) is 20.0. The molecule has 0 radical (unpaired) electrons. The van der Waals surface area contributed by atoms with Crippen molar-refractivity contribution in [3.8, 4) is 17.2 Å². The number of rotatable bonds is 8. The molecule has 4 rings (SSSR count). The molecule has 3 aromatic carbocycles. The Morgan fingerprint density at radius 3 is 2.38 bits per heavy atom. The van der Waals surface area contributed by atoms with Crippen LogP contribution < -0.4 is 19.1 Å². The molecule has 1 aliphatic heterocycles. The molecule has 0 N–H and O–H groups in total. The molecule has 0 spiro atoms. The first-order valence-electron chi connectivity index (χ1n) is 10.2. The van der Waals surface area contributed by atoms with Crippen LogP contribution in [0.3, 0.4) is 0 Å². The first-order chi connectivity index (χ1) is 16.5. The first-order valence-corrected chi connectivity index (χ1v) is 12.2. The molecule has 0 bridgehead atoms. The maximum atomic E-state index is 13.0. The van der Waals surface area contributed by atoms with E-state index in [0.29, 0.717) is 42.1 Å². The molecule has 0 unspecified atom stereocenters. The molecule has 0 aromatic heterocycles. The fourth-order valence-corrected chi connectivity index (χ4v) is 5.00. The highest BCUT2D eigenvalue weighted by Crippen LogP contribution is 2.40. The zero-order valence-corrected chi connectivity index (χ0v) is 21.1. The van der Waals surface area contributed by atoms with Crippen molar-refractivity contribution in [2.45, 2.75) is 0 Å². The summed E-state index contributed by atoms with van der Waals surface area (Å²) in [5.41, 5.74) is 1.42. The Bertz CT molecular complexity index is 1250. The van der Waals surface area contributed by atoms with Gasteiger partial charge in [-0.05, 0) is 48.0 Å². The summed E-state index contributed by atoms with van der Waals surface area (Å²) in [6.07, 6.45) is 1.74. The number of thioether (sulfide) groups is 1. The molecule has 0 saturated carbocycles. The van der Waals surface area contributed by atoms with E-state index >= 15 is 0 Å². The fraction of sp³-hybridized carbons (Fsp3) is 0.120. The molecule has 0 aliphatic carbocycles. The molecule has 1 fully saturated rings. The van der Waals surface area contributed by atoms with Crippen molar-refractivity contribution in [3.63, 3.8) is 0 Å². The number of benzene rings is 3. The van der Waals surface area contributed by atoms with Gasteiger partial charge >= 0.3 is 0 Å². The Hall–Kier alpha value is -2.71. The second kappa shape index (κ2) is 11.1. The van der Waals surface area contributed by atoms with Crippen LogP contribution >= 0.6 is 47.2 Å². The lowest BCUT2D eigenvalue weighted by Gasteiger charge is -2.14. The second-order valence-corrected chi connectivity index (χ2v) is 9.50. The number of thiocarbonyl (C=S) groups is 1. The van der Waals surface area contributed by atoms with Gasteiger partial charge in [-0.1, -0.05) is 77.5 Å². The van der Waals surface area contributed by atoms with E-state index in [-0.39, 0.29) is 19.1 Å². The van der Waals surface area contributed by atoms with Gasteiger partial charge in [0, 0.05) is 0 Å². The maximum Gasteiger partial charge on any atom is 0.270 e. The van der Waals surface area contributed by atoms with E-state index in [2.05, 4.69) is 0 Å². The summed E-state index contributed by atoms with van der Waals surface area (Å²) >= 11 is 19.2. The van der Waals surface area contributed by atoms with Crippen molar-refractivity contribution in [3.05, 3.63) is 87.2 Å². The van der Waals surface area contributed by atoms with Gasteiger partial charge in [0.05, 0.1) is 27.7 Å². The highest BCUT2D eigenvalue weighted by atomic mass is 35.5. The Kier molecular flexibility index (Phi) is 8.00. The number of halogens is 2. The highest BCUT2D eigenvalue weighted by molar-refractivity contribution is 8.27. The number of methoxy groups -OCH3 is 1. The SMILES string of the molecule is COc1cc(C=C2SC(=S)N(c3ccccc3)C2=O)cc(Cl)c1OCCOc1ccccc1Cl. The van der Waals surface area contributed by atoms with Gasteiger partial charge in [-0.2, -0.15) is 0 Å². The molecule has 1 heterocycles. The number of carbonyl (C=O) groups is 1. The second-order valence-electron chi connectivity index (χ2n) is 7.01. The van der Waals surface area contributed by atoms with E-state index in [9.17, 15) is 4.79 Å². The van der Waals surface area contributed by atoms with E-state index in [1.54, 1.807) is 30.3 Å². The largest absolute Gasteiger partial charge is 0.493 e. The number of anilines is 1. The quantitative estimate of drug-likeness (QED) is 0.179. The summed E-state index contributed by atoms with van der Waals surface area (Å²) in [4.78, 5) is 15.0. The first kappa shape index (κ1) is 24.4. The average Bonchev–Trinajstić information content (AvgIpc) is 3.11. The lowest BCUT2D eigenvalue weighted by Crippen LogP contribution is -2.27. The third-order valence-electron chi connectivity index (χ3n) is 4.78. The summed E-state index contributed by atoms with van der Waals surface area (Å²) in [6.45, 7) is 0.503. The number of hydrogen-bond donors (Lipinski definition) is 0. The number of hydrogen-bond acceptors (Lipinski definition) is 6. The van der Waals surface area contributed by atoms with E-state index < -0.39 is 0 Å². The average molecular weight is 532 g/mol. The van der Waals surface area contributed by atoms with Gasteiger partial charge in [-0.3, -0.25) is 9.69 Å². The highest BCUT2D eigenvalue weighted by Gasteiger charge is 2.33. The van der Waals surface area contributed by atoms with Crippen LogP contribution in [0.1, 0.15) is 5.56 Å². The Balaban J connectivity index is 1.47. The van der Waals surface area contributed by atoms with Gasteiger partial charge in [0.25, 0.3) is 5.91 Å². The van der Waals surface area contributed by atoms with Gasteiger partial charge in [0.1, 0.15) is 19.0 Å². The van der Waals surface area contributed by atoms with Crippen molar-refractivity contribution in [2.24, 2.45) is 0 Å². The van der Waals surface area contributed by atoms with Gasteiger partial charge < -0.3 is 14.2 Å². The standard InChI is InChI=1S/C25H19Cl2NO4S2/c1-30-21-14-16(15-22-24(29)28(25(33)34-22)17-7-3-2-4-8-17)13-19(27)23(21)32-12-11-31-20-10-6-5-9-18(20)26/h2-10,13-15H,11-12H2,1H3. The van der Waals surface area contributed by atoms with E-state index in [1.165, 1.54) is 23.8 Å². The smallest absolute Gasteiger partial charge is 0.270 e. The molecular formula is C25H19Cl2NO4S2. The molecule has 1 amide bonds. The zero-order chi connectivity index (χ0) is 24.1. The van der Waals surface area contributed by atoms with E-state index in [4.69, 9.17) is 49.6 Å². The minimum Gasteiger partial charge on any atom is -0.493 e. The monoisotopic (exact) mass is 531 g/mol. The molecule has 34 heavy (non-hydrogen) atoms. The molecule has 3 aromatic rings. The molecule has 0 atom stereocenters.